The Hall–Kier alpha value is -2.99. The number of nitrogens with one attached hydrogen (secondary N) is 1. The summed E-state index contributed by atoms with van der Waals surface area (Å²) in [5, 5.41) is 2.86. The number of imidazole rings is 1. The summed E-state index contributed by atoms with van der Waals surface area (Å²) in [6.45, 7) is 0.438. The molecule has 0 bridgehead atoms. The number of hydrogen-bond donors (Lipinski definition) is 1. The molecular weight excluding hydrogens is 320 g/mol. The minimum absolute atomic E-state index is 0.184. The predicted octanol–water partition coefficient (Wildman–Crippen LogP) is 3.39. The third-order valence-corrected chi connectivity index (χ3v) is 4.67. The van der Waals surface area contributed by atoms with E-state index in [2.05, 4.69) is 27.4 Å². The predicted molar refractivity (Wildman–Crippen MR) is 93.9 cm³/mol. The molecule has 0 saturated heterocycles. The van der Waals surface area contributed by atoms with Crippen molar-refractivity contribution in [1.29, 1.82) is 0 Å². The van der Waals surface area contributed by atoms with Gasteiger partial charge >= 0.3 is 0 Å². The van der Waals surface area contributed by atoms with Crippen LogP contribution in [0.1, 0.15) is 16.1 Å². The van der Waals surface area contributed by atoms with Gasteiger partial charge in [0.1, 0.15) is 5.69 Å². The van der Waals surface area contributed by atoms with Gasteiger partial charge in [0.25, 0.3) is 5.91 Å². The van der Waals surface area contributed by atoms with Crippen molar-refractivity contribution in [2.24, 2.45) is 0 Å². The van der Waals surface area contributed by atoms with Gasteiger partial charge in [0.2, 0.25) is 0 Å². The normalized spacial score (nSPS) is 10.8. The van der Waals surface area contributed by atoms with Crippen molar-refractivity contribution >= 4 is 22.2 Å². The van der Waals surface area contributed by atoms with E-state index in [4.69, 9.17) is 0 Å². The van der Waals surface area contributed by atoms with Crippen molar-refractivity contribution in [3.63, 3.8) is 0 Å². The fraction of sp³-hybridized carbons (Fsp3) is 0.0556. The van der Waals surface area contributed by atoms with Gasteiger partial charge in [-0.2, -0.15) is 0 Å². The van der Waals surface area contributed by atoms with Gasteiger partial charge in [-0.05, 0) is 17.2 Å². The van der Waals surface area contributed by atoms with Crippen molar-refractivity contribution < 1.29 is 4.79 Å². The lowest BCUT2D eigenvalue weighted by molar-refractivity contribution is 0.0946. The molecule has 6 heteroatoms. The molecule has 4 rings (SSSR count). The third kappa shape index (κ3) is 2.91. The average molecular weight is 334 g/mol. The van der Waals surface area contributed by atoms with E-state index in [-0.39, 0.29) is 5.91 Å². The van der Waals surface area contributed by atoms with Gasteiger partial charge in [-0.1, -0.05) is 47.7 Å². The molecule has 4 aromatic rings. The molecule has 0 saturated carbocycles. The molecule has 1 aromatic carbocycles. The maximum atomic E-state index is 12.2. The van der Waals surface area contributed by atoms with Crippen LogP contribution in [0.15, 0.2) is 67.3 Å². The number of nitrogens with zero attached hydrogens (tertiary/aromatic N) is 3. The molecule has 1 N–H and O–H groups in total. The smallest absolute Gasteiger partial charge is 0.271 e. The van der Waals surface area contributed by atoms with Crippen molar-refractivity contribution in [3.8, 4) is 10.4 Å². The summed E-state index contributed by atoms with van der Waals surface area (Å²) in [5.74, 6) is -0.184. The number of amides is 1. The lowest BCUT2D eigenvalue weighted by atomic mass is 10.2. The highest BCUT2D eigenvalue weighted by atomic mass is 32.1. The van der Waals surface area contributed by atoms with E-state index in [1.165, 1.54) is 0 Å². The lowest BCUT2D eigenvalue weighted by Crippen LogP contribution is -2.23. The first kappa shape index (κ1) is 14.6. The molecule has 0 aliphatic carbocycles. The van der Waals surface area contributed by atoms with Gasteiger partial charge in [-0.15, -0.1) is 0 Å². The number of hydrogen-bond acceptors (Lipinski definition) is 4. The van der Waals surface area contributed by atoms with Gasteiger partial charge in [-0.3, -0.25) is 14.2 Å². The van der Waals surface area contributed by atoms with Gasteiger partial charge in [0.05, 0.1) is 4.88 Å². The first-order valence-corrected chi connectivity index (χ1v) is 8.32. The Balaban J connectivity index is 1.51. The number of carbonyl (C=O) groups is 1. The van der Waals surface area contributed by atoms with Crippen LogP contribution >= 0.6 is 11.3 Å². The Morgan fingerprint density at radius 2 is 2.00 bits per heavy atom. The fourth-order valence-electron chi connectivity index (χ4n) is 2.42. The Labute approximate surface area is 142 Å². The Morgan fingerprint density at radius 3 is 2.75 bits per heavy atom. The summed E-state index contributed by atoms with van der Waals surface area (Å²) in [6.07, 6.45) is 7.20. The van der Waals surface area contributed by atoms with Crippen LogP contribution < -0.4 is 5.32 Å². The van der Waals surface area contributed by atoms with Crippen LogP contribution in [0.5, 0.6) is 0 Å². The van der Waals surface area contributed by atoms with E-state index in [0.29, 0.717) is 12.2 Å². The minimum Gasteiger partial charge on any atom is -0.347 e. The van der Waals surface area contributed by atoms with Gasteiger partial charge < -0.3 is 5.32 Å². The maximum Gasteiger partial charge on any atom is 0.271 e. The highest BCUT2D eigenvalue weighted by Crippen LogP contribution is 2.28. The zero-order chi connectivity index (χ0) is 16.4. The Kier molecular flexibility index (Phi) is 3.80. The van der Waals surface area contributed by atoms with Crippen LogP contribution in [0.3, 0.4) is 0 Å². The molecule has 3 heterocycles. The second-order valence-corrected chi connectivity index (χ2v) is 6.33. The molecular formula is C18H14N4OS. The molecule has 5 nitrogen and oxygen atoms in total. The highest BCUT2D eigenvalue weighted by Gasteiger charge is 2.13. The molecule has 3 aromatic heterocycles. The van der Waals surface area contributed by atoms with Crippen LogP contribution in [0, 0.1) is 0 Å². The largest absolute Gasteiger partial charge is 0.347 e. The summed E-state index contributed by atoms with van der Waals surface area (Å²) < 4.78 is 1.89. The minimum atomic E-state index is -0.184. The van der Waals surface area contributed by atoms with Gasteiger partial charge in [-0.25, -0.2) is 4.98 Å². The number of carbonyl (C=O) groups excluding carboxylic acids is 1. The van der Waals surface area contributed by atoms with Crippen LogP contribution in [0.4, 0.5) is 0 Å². The van der Waals surface area contributed by atoms with Crippen molar-refractivity contribution in [2.75, 3.05) is 0 Å². The Morgan fingerprint density at radius 1 is 1.12 bits per heavy atom. The molecule has 0 atom stereocenters. The molecule has 0 spiro atoms. The Bertz CT molecular complexity index is 945. The van der Waals surface area contributed by atoms with Crippen molar-refractivity contribution in [2.45, 2.75) is 6.54 Å². The number of aromatic nitrogens is 3. The van der Waals surface area contributed by atoms with E-state index in [1.807, 2.05) is 40.9 Å². The molecule has 0 unspecified atom stereocenters. The van der Waals surface area contributed by atoms with Gasteiger partial charge in [0, 0.05) is 31.3 Å². The number of benzene rings is 1. The zero-order valence-corrected chi connectivity index (χ0v) is 13.5. The summed E-state index contributed by atoms with van der Waals surface area (Å²) in [6, 6.07) is 13.9. The third-order valence-electron chi connectivity index (χ3n) is 3.62. The van der Waals surface area contributed by atoms with E-state index in [1.54, 1.807) is 29.9 Å². The maximum absolute atomic E-state index is 12.2. The van der Waals surface area contributed by atoms with Crippen LogP contribution in [0.25, 0.3) is 15.4 Å². The highest BCUT2D eigenvalue weighted by molar-refractivity contribution is 7.20. The van der Waals surface area contributed by atoms with E-state index in [9.17, 15) is 4.79 Å². The monoisotopic (exact) mass is 334 g/mol. The standard InChI is InChI=1S/C18H14N4OS/c23-17(20-10-13-5-4-8-19-9-13)15-11-22-12-16(24-18(22)21-15)14-6-2-1-3-7-14/h1-9,11-12H,10H2,(H,20,23). The average Bonchev–Trinajstić information content (AvgIpc) is 3.20. The molecule has 0 radical (unpaired) electrons. The van der Waals surface area contributed by atoms with E-state index < -0.39 is 0 Å². The van der Waals surface area contributed by atoms with E-state index in [0.717, 1.165) is 21.0 Å². The van der Waals surface area contributed by atoms with Crippen LogP contribution in [-0.2, 0) is 6.54 Å². The number of pyridine rings is 1. The molecule has 24 heavy (non-hydrogen) atoms. The number of thiazole rings is 1. The zero-order valence-electron chi connectivity index (χ0n) is 12.7. The second kappa shape index (κ2) is 6.25. The quantitative estimate of drug-likeness (QED) is 0.622. The molecule has 0 aliphatic heterocycles. The molecule has 1 amide bonds. The summed E-state index contributed by atoms with van der Waals surface area (Å²) in [7, 11) is 0. The summed E-state index contributed by atoms with van der Waals surface area (Å²) in [4.78, 5) is 22.6. The van der Waals surface area contributed by atoms with Crippen molar-refractivity contribution in [1.82, 2.24) is 19.7 Å². The first-order valence-electron chi connectivity index (χ1n) is 7.51. The number of fused-ring (bicyclic) bond motifs is 1. The van der Waals surface area contributed by atoms with E-state index >= 15 is 0 Å². The molecule has 118 valence electrons. The van der Waals surface area contributed by atoms with Crippen LogP contribution in [0.2, 0.25) is 0 Å². The van der Waals surface area contributed by atoms with Gasteiger partial charge in [0.15, 0.2) is 4.96 Å². The van der Waals surface area contributed by atoms with Crippen LogP contribution in [-0.4, -0.2) is 20.3 Å². The topological polar surface area (TPSA) is 59.3 Å². The first-order chi connectivity index (χ1) is 11.8. The molecule has 0 fully saturated rings. The summed E-state index contributed by atoms with van der Waals surface area (Å²) in [5.41, 5.74) is 2.53. The SMILES string of the molecule is O=C(NCc1cccnc1)c1cn2cc(-c3ccccc3)sc2n1. The fourth-order valence-corrected chi connectivity index (χ4v) is 3.39. The second-order valence-electron chi connectivity index (χ2n) is 5.32. The molecule has 0 aliphatic rings. The lowest BCUT2D eigenvalue weighted by Gasteiger charge is -2.02. The number of rotatable bonds is 4. The summed E-state index contributed by atoms with van der Waals surface area (Å²) >= 11 is 1.56. The van der Waals surface area contributed by atoms with Crippen molar-refractivity contribution in [3.05, 3.63) is 78.5 Å².